The molecular formula is C22H26N2O3. The van der Waals surface area contributed by atoms with Crippen LogP contribution in [0.25, 0.3) is 10.9 Å². The number of para-hydroxylation sites is 1. The fourth-order valence-electron chi connectivity index (χ4n) is 4.60. The molecule has 1 unspecified atom stereocenters. The van der Waals surface area contributed by atoms with E-state index in [0.29, 0.717) is 19.5 Å². The Labute approximate surface area is 159 Å². The maximum Gasteiger partial charge on any atom is 0.321 e. The molecule has 0 bridgehead atoms. The van der Waals surface area contributed by atoms with Crippen molar-refractivity contribution in [3.05, 3.63) is 47.7 Å². The first-order chi connectivity index (χ1) is 13.1. The summed E-state index contributed by atoms with van der Waals surface area (Å²) in [6.07, 6.45) is 7.45. The van der Waals surface area contributed by atoms with E-state index >= 15 is 0 Å². The van der Waals surface area contributed by atoms with Crippen LogP contribution in [0, 0.1) is 11.8 Å². The number of carbonyl (C=O) groups excluding carboxylic acids is 1. The molecule has 1 fully saturated rings. The topological polar surface area (TPSA) is 73.4 Å². The molecule has 5 nitrogen and oxygen atoms in total. The van der Waals surface area contributed by atoms with E-state index in [9.17, 15) is 14.7 Å². The third-order valence-corrected chi connectivity index (χ3v) is 6.08. The van der Waals surface area contributed by atoms with Crippen molar-refractivity contribution in [3.63, 3.8) is 0 Å². The Morgan fingerprint density at radius 1 is 1.33 bits per heavy atom. The first kappa shape index (κ1) is 18.0. The zero-order valence-corrected chi connectivity index (χ0v) is 15.6. The molecule has 0 spiro atoms. The molecule has 2 aliphatic rings. The number of aromatic nitrogens is 1. The number of carbonyl (C=O) groups is 2. The van der Waals surface area contributed by atoms with Gasteiger partial charge in [-0.25, -0.2) is 0 Å². The number of fused-ring (bicyclic) bond motifs is 2. The van der Waals surface area contributed by atoms with Gasteiger partial charge in [0.1, 0.15) is 6.04 Å². The SMILES string of the molecule is CCCCC1=C[C@@H]2CN(C(Cc3c[nH]c4ccccc34)C(=O)O)C[C@@H]2C1=O. The van der Waals surface area contributed by atoms with Gasteiger partial charge in [-0.15, -0.1) is 0 Å². The monoisotopic (exact) mass is 366 g/mol. The summed E-state index contributed by atoms with van der Waals surface area (Å²) in [5, 5.41) is 10.9. The number of nitrogens with zero attached hydrogens (tertiary/aromatic N) is 1. The Bertz CT molecular complexity index is 898. The normalized spacial score (nSPS) is 23.6. The van der Waals surface area contributed by atoms with E-state index in [1.54, 1.807) is 0 Å². The van der Waals surface area contributed by atoms with Crippen LogP contribution in [-0.2, 0) is 16.0 Å². The molecule has 5 heteroatoms. The highest BCUT2D eigenvalue weighted by Crippen LogP contribution is 2.37. The molecule has 1 aliphatic heterocycles. The number of ketones is 1. The molecule has 0 radical (unpaired) electrons. The first-order valence-electron chi connectivity index (χ1n) is 9.85. The van der Waals surface area contributed by atoms with Crippen molar-refractivity contribution in [1.29, 1.82) is 0 Å². The number of likely N-dealkylation sites (tertiary alicyclic amines) is 1. The Balaban J connectivity index is 1.51. The van der Waals surface area contributed by atoms with E-state index in [0.717, 1.165) is 41.3 Å². The number of rotatable bonds is 7. The summed E-state index contributed by atoms with van der Waals surface area (Å²) < 4.78 is 0. The minimum Gasteiger partial charge on any atom is -0.480 e. The molecule has 1 aromatic heterocycles. The van der Waals surface area contributed by atoms with Crippen LogP contribution in [0.1, 0.15) is 31.7 Å². The summed E-state index contributed by atoms with van der Waals surface area (Å²) in [6, 6.07) is 7.35. The van der Waals surface area contributed by atoms with Crippen LogP contribution < -0.4 is 0 Å². The van der Waals surface area contributed by atoms with E-state index in [2.05, 4.69) is 18.0 Å². The van der Waals surface area contributed by atoms with Gasteiger partial charge in [0.05, 0.1) is 0 Å². The summed E-state index contributed by atoms with van der Waals surface area (Å²) in [5.41, 5.74) is 3.00. The number of Topliss-reactive ketones (excluding diaryl/α,β-unsaturated/α-hetero) is 1. The second-order valence-corrected chi connectivity index (χ2v) is 7.80. The molecule has 4 rings (SSSR count). The van der Waals surface area contributed by atoms with Crippen LogP contribution >= 0.6 is 0 Å². The molecule has 27 heavy (non-hydrogen) atoms. The van der Waals surface area contributed by atoms with Gasteiger partial charge in [-0.2, -0.15) is 0 Å². The molecule has 0 saturated carbocycles. The Hall–Kier alpha value is -2.40. The van der Waals surface area contributed by atoms with Gasteiger partial charge in [-0.3, -0.25) is 14.5 Å². The Morgan fingerprint density at radius 3 is 2.89 bits per heavy atom. The Morgan fingerprint density at radius 2 is 2.15 bits per heavy atom. The zero-order valence-electron chi connectivity index (χ0n) is 15.6. The second-order valence-electron chi connectivity index (χ2n) is 7.80. The van der Waals surface area contributed by atoms with Crippen molar-refractivity contribution in [2.75, 3.05) is 13.1 Å². The van der Waals surface area contributed by atoms with Gasteiger partial charge in [0, 0.05) is 48.4 Å². The lowest BCUT2D eigenvalue weighted by molar-refractivity contribution is -0.143. The van der Waals surface area contributed by atoms with Crippen molar-refractivity contribution in [1.82, 2.24) is 9.88 Å². The molecule has 2 N–H and O–H groups in total. The van der Waals surface area contributed by atoms with E-state index < -0.39 is 12.0 Å². The zero-order chi connectivity index (χ0) is 19.0. The molecule has 2 heterocycles. The number of aliphatic carboxylic acids is 1. The van der Waals surface area contributed by atoms with Gasteiger partial charge < -0.3 is 10.1 Å². The summed E-state index contributed by atoms with van der Waals surface area (Å²) in [6.45, 7) is 3.34. The third kappa shape index (κ3) is 3.32. The lowest BCUT2D eigenvalue weighted by Gasteiger charge is -2.24. The smallest absolute Gasteiger partial charge is 0.321 e. The van der Waals surface area contributed by atoms with E-state index in [1.807, 2.05) is 35.4 Å². The standard InChI is InChI=1S/C22H26N2O3/c1-2-3-6-14-9-16-12-24(13-18(16)21(14)25)20(22(26)27)10-15-11-23-19-8-5-4-7-17(15)19/h4-5,7-9,11,16,18,20,23H,2-3,6,10,12-13H2,1H3,(H,26,27)/t16-,18+,20?/m1/s1. The minimum atomic E-state index is -0.817. The van der Waals surface area contributed by atoms with Crippen LogP contribution in [-0.4, -0.2) is 45.9 Å². The number of H-pyrrole nitrogens is 1. The van der Waals surface area contributed by atoms with Crippen molar-refractivity contribution < 1.29 is 14.7 Å². The third-order valence-electron chi connectivity index (χ3n) is 6.08. The number of carboxylic acids is 1. The van der Waals surface area contributed by atoms with Crippen molar-refractivity contribution in [3.8, 4) is 0 Å². The number of hydrogen-bond donors (Lipinski definition) is 2. The van der Waals surface area contributed by atoms with Gasteiger partial charge in [0.15, 0.2) is 5.78 Å². The van der Waals surface area contributed by atoms with Crippen LogP contribution in [0.3, 0.4) is 0 Å². The van der Waals surface area contributed by atoms with Crippen molar-refractivity contribution in [2.24, 2.45) is 11.8 Å². The van der Waals surface area contributed by atoms with Crippen molar-refractivity contribution in [2.45, 2.75) is 38.6 Å². The fourth-order valence-corrected chi connectivity index (χ4v) is 4.60. The molecule has 142 valence electrons. The van der Waals surface area contributed by atoms with Gasteiger partial charge >= 0.3 is 5.97 Å². The summed E-state index contributed by atoms with van der Waals surface area (Å²) in [7, 11) is 0. The van der Waals surface area contributed by atoms with Crippen LogP contribution in [0.15, 0.2) is 42.1 Å². The Kier molecular flexibility index (Phi) is 4.87. The van der Waals surface area contributed by atoms with Gasteiger partial charge in [-0.05, 0) is 30.0 Å². The van der Waals surface area contributed by atoms with Crippen LogP contribution in [0.5, 0.6) is 0 Å². The maximum atomic E-state index is 12.7. The quantitative estimate of drug-likeness (QED) is 0.788. The van der Waals surface area contributed by atoms with Crippen molar-refractivity contribution >= 4 is 22.7 Å². The van der Waals surface area contributed by atoms with Crippen LogP contribution in [0.4, 0.5) is 0 Å². The summed E-state index contributed by atoms with van der Waals surface area (Å²) in [5.74, 6) is -0.453. The van der Waals surface area contributed by atoms with E-state index in [-0.39, 0.29) is 17.6 Å². The number of aromatic amines is 1. The molecule has 2 aromatic rings. The number of hydrogen-bond acceptors (Lipinski definition) is 3. The van der Waals surface area contributed by atoms with Crippen LogP contribution in [0.2, 0.25) is 0 Å². The summed E-state index contributed by atoms with van der Waals surface area (Å²) >= 11 is 0. The predicted octanol–water partition coefficient (Wildman–Crippen LogP) is 3.41. The van der Waals surface area contributed by atoms with Gasteiger partial charge in [-0.1, -0.05) is 37.6 Å². The van der Waals surface area contributed by atoms with E-state index in [1.165, 1.54) is 0 Å². The average molecular weight is 366 g/mol. The molecule has 3 atom stereocenters. The number of unbranched alkanes of at least 4 members (excludes halogenated alkanes) is 1. The van der Waals surface area contributed by atoms with Gasteiger partial charge in [0.2, 0.25) is 0 Å². The minimum absolute atomic E-state index is 0.0540. The first-order valence-corrected chi connectivity index (χ1v) is 9.85. The second kappa shape index (κ2) is 7.31. The summed E-state index contributed by atoms with van der Waals surface area (Å²) in [4.78, 5) is 29.9. The number of nitrogens with one attached hydrogen (secondary N) is 1. The molecule has 0 amide bonds. The number of carboxylic acid groups (broad SMARTS) is 1. The average Bonchev–Trinajstić information content (AvgIpc) is 3.33. The molecule has 1 aromatic carbocycles. The molecule has 1 aliphatic carbocycles. The molecule has 1 saturated heterocycles. The maximum absolute atomic E-state index is 12.7. The lowest BCUT2D eigenvalue weighted by Crippen LogP contribution is -2.42. The van der Waals surface area contributed by atoms with Gasteiger partial charge in [0.25, 0.3) is 0 Å². The fraction of sp³-hybridized carbons (Fsp3) is 0.455. The highest BCUT2D eigenvalue weighted by molar-refractivity contribution is 6.00. The highest BCUT2D eigenvalue weighted by atomic mass is 16.4. The largest absolute Gasteiger partial charge is 0.480 e. The van der Waals surface area contributed by atoms with E-state index in [4.69, 9.17) is 0 Å². The predicted molar refractivity (Wildman–Crippen MR) is 105 cm³/mol. The number of benzene rings is 1. The highest BCUT2D eigenvalue weighted by Gasteiger charge is 2.45. The molecular weight excluding hydrogens is 340 g/mol. The number of allylic oxidation sites excluding steroid dienone is 1. The lowest BCUT2D eigenvalue weighted by atomic mass is 9.97.